The maximum Gasteiger partial charge on any atom is 0.223 e. The lowest BCUT2D eigenvalue weighted by atomic mass is 9.95. The zero-order chi connectivity index (χ0) is 21.6. The molecule has 31 heavy (non-hydrogen) atoms. The number of anilines is 1. The Hall–Kier alpha value is -3.41. The Kier molecular flexibility index (Phi) is 6.46. The summed E-state index contributed by atoms with van der Waals surface area (Å²) in [5.74, 6) is 1.90. The summed E-state index contributed by atoms with van der Waals surface area (Å²) in [6.45, 7) is 4.23. The molecule has 1 N–H and O–H groups in total. The molecular weight excluding hydrogens is 388 g/mol. The van der Waals surface area contributed by atoms with Gasteiger partial charge in [0.05, 0.1) is 12.8 Å². The number of nitrogens with one attached hydrogen (secondary N) is 1. The van der Waals surface area contributed by atoms with Crippen molar-refractivity contribution in [3.8, 4) is 17.0 Å². The molecule has 1 saturated heterocycles. The molecular formula is C25H28N4O2. The largest absolute Gasteiger partial charge is 0.497 e. The number of aryl methyl sites for hydroxylation is 1. The summed E-state index contributed by atoms with van der Waals surface area (Å²) in [6.07, 6.45) is 3.26. The first-order chi connectivity index (χ1) is 15.1. The maximum absolute atomic E-state index is 12.6. The lowest BCUT2D eigenvalue weighted by molar-refractivity contribution is -0.125. The number of ether oxygens (including phenoxy) is 1. The maximum atomic E-state index is 12.6. The van der Waals surface area contributed by atoms with Crippen molar-refractivity contribution in [1.29, 1.82) is 0 Å². The highest BCUT2D eigenvalue weighted by Crippen LogP contribution is 2.25. The molecule has 1 amide bonds. The number of carbonyl (C=O) groups excluding carboxylic acids is 1. The Morgan fingerprint density at radius 2 is 1.77 bits per heavy atom. The lowest BCUT2D eigenvalue weighted by Crippen LogP contribution is -2.40. The fourth-order valence-electron chi connectivity index (χ4n) is 3.85. The van der Waals surface area contributed by atoms with E-state index in [1.54, 1.807) is 13.4 Å². The van der Waals surface area contributed by atoms with Crippen LogP contribution in [0.1, 0.15) is 24.0 Å². The van der Waals surface area contributed by atoms with Gasteiger partial charge in [-0.15, -0.1) is 0 Å². The average Bonchev–Trinajstić information content (AvgIpc) is 2.83. The molecule has 160 valence electrons. The van der Waals surface area contributed by atoms with Gasteiger partial charge in [0.25, 0.3) is 0 Å². The number of nitrogens with zero attached hydrogens (tertiary/aromatic N) is 3. The lowest BCUT2D eigenvalue weighted by Gasteiger charge is -2.32. The van der Waals surface area contributed by atoms with Crippen molar-refractivity contribution >= 4 is 11.7 Å². The van der Waals surface area contributed by atoms with Crippen molar-refractivity contribution in [3.05, 3.63) is 72.1 Å². The van der Waals surface area contributed by atoms with Crippen LogP contribution in [-0.2, 0) is 11.3 Å². The minimum Gasteiger partial charge on any atom is -0.497 e. The number of amides is 1. The number of rotatable bonds is 6. The predicted molar refractivity (Wildman–Crippen MR) is 122 cm³/mol. The van der Waals surface area contributed by atoms with Gasteiger partial charge in [0.15, 0.2) is 0 Å². The molecule has 4 rings (SSSR count). The average molecular weight is 417 g/mol. The Morgan fingerprint density at radius 1 is 1.06 bits per heavy atom. The molecule has 6 heteroatoms. The van der Waals surface area contributed by atoms with Gasteiger partial charge in [0, 0.05) is 37.2 Å². The van der Waals surface area contributed by atoms with E-state index in [-0.39, 0.29) is 11.8 Å². The number of methoxy groups -OCH3 is 1. The molecule has 6 nitrogen and oxygen atoms in total. The summed E-state index contributed by atoms with van der Waals surface area (Å²) in [4.78, 5) is 23.8. The summed E-state index contributed by atoms with van der Waals surface area (Å²) in [5, 5.41) is 3.07. The first kappa shape index (κ1) is 20.8. The van der Waals surface area contributed by atoms with Crippen molar-refractivity contribution in [2.24, 2.45) is 5.92 Å². The Morgan fingerprint density at radius 3 is 2.45 bits per heavy atom. The fraction of sp³-hybridized carbons (Fsp3) is 0.320. The van der Waals surface area contributed by atoms with E-state index in [2.05, 4.69) is 51.4 Å². The highest BCUT2D eigenvalue weighted by atomic mass is 16.5. The quantitative estimate of drug-likeness (QED) is 0.658. The second-order valence-electron chi connectivity index (χ2n) is 7.95. The molecule has 1 aliphatic heterocycles. The molecule has 0 bridgehead atoms. The topological polar surface area (TPSA) is 67.3 Å². The standard InChI is InChI=1S/C25H28N4O2/c1-18-3-7-20(8-4-18)23-15-24(28-17-27-23)29-13-11-21(12-14-29)25(30)26-16-19-5-9-22(31-2)10-6-19/h3-10,15,17,21H,11-14,16H2,1-2H3,(H,26,30). The van der Waals surface area contributed by atoms with E-state index >= 15 is 0 Å². The van der Waals surface area contributed by atoms with Crippen molar-refractivity contribution in [2.75, 3.05) is 25.1 Å². The first-order valence-corrected chi connectivity index (χ1v) is 10.7. The fourth-order valence-corrected chi connectivity index (χ4v) is 3.85. The highest BCUT2D eigenvalue weighted by Gasteiger charge is 2.25. The van der Waals surface area contributed by atoms with Crippen LogP contribution in [-0.4, -0.2) is 36.1 Å². The number of carbonyl (C=O) groups is 1. The van der Waals surface area contributed by atoms with E-state index in [1.165, 1.54) is 5.56 Å². The summed E-state index contributed by atoms with van der Waals surface area (Å²) < 4.78 is 5.17. The molecule has 0 atom stereocenters. The normalized spacial score (nSPS) is 14.3. The van der Waals surface area contributed by atoms with Gasteiger partial charge in [-0.2, -0.15) is 0 Å². The molecule has 0 saturated carbocycles. The molecule has 0 spiro atoms. The molecule has 3 aromatic rings. The van der Waals surface area contributed by atoms with E-state index in [9.17, 15) is 4.79 Å². The number of piperidine rings is 1. The van der Waals surface area contributed by atoms with Crippen LogP contribution in [0.4, 0.5) is 5.82 Å². The van der Waals surface area contributed by atoms with E-state index in [0.29, 0.717) is 6.54 Å². The van der Waals surface area contributed by atoms with Crippen LogP contribution in [0.15, 0.2) is 60.9 Å². The molecule has 2 heterocycles. The van der Waals surface area contributed by atoms with Gasteiger partial charge in [-0.1, -0.05) is 42.0 Å². The Balaban J connectivity index is 1.31. The monoisotopic (exact) mass is 416 g/mol. The van der Waals surface area contributed by atoms with Gasteiger partial charge < -0.3 is 15.0 Å². The molecule has 1 aliphatic rings. The van der Waals surface area contributed by atoms with E-state index in [1.807, 2.05) is 30.3 Å². The second-order valence-corrected chi connectivity index (χ2v) is 7.95. The summed E-state index contributed by atoms with van der Waals surface area (Å²) >= 11 is 0. The number of benzene rings is 2. The van der Waals surface area contributed by atoms with Crippen LogP contribution in [0, 0.1) is 12.8 Å². The summed E-state index contributed by atoms with van der Waals surface area (Å²) in [6, 6.07) is 18.2. The van der Waals surface area contributed by atoms with Crippen LogP contribution in [0.25, 0.3) is 11.3 Å². The van der Waals surface area contributed by atoms with Gasteiger partial charge in [0.1, 0.15) is 17.9 Å². The molecule has 0 unspecified atom stereocenters. The molecule has 1 fully saturated rings. The van der Waals surface area contributed by atoms with Crippen LogP contribution in [0.3, 0.4) is 0 Å². The highest BCUT2D eigenvalue weighted by molar-refractivity contribution is 5.79. The third kappa shape index (κ3) is 5.20. The minimum atomic E-state index is 0.0351. The second kappa shape index (κ2) is 9.60. The summed E-state index contributed by atoms with van der Waals surface area (Å²) in [5.41, 5.74) is 4.30. The van der Waals surface area contributed by atoms with E-state index in [0.717, 1.165) is 54.3 Å². The van der Waals surface area contributed by atoms with Gasteiger partial charge in [-0.25, -0.2) is 9.97 Å². The zero-order valence-electron chi connectivity index (χ0n) is 18.0. The molecule has 0 aliphatic carbocycles. The van der Waals surface area contributed by atoms with Crippen molar-refractivity contribution in [2.45, 2.75) is 26.3 Å². The van der Waals surface area contributed by atoms with Gasteiger partial charge in [0.2, 0.25) is 5.91 Å². The number of hydrogen-bond acceptors (Lipinski definition) is 5. The van der Waals surface area contributed by atoms with Crippen molar-refractivity contribution in [1.82, 2.24) is 15.3 Å². The number of aromatic nitrogens is 2. The minimum absolute atomic E-state index is 0.0351. The van der Waals surface area contributed by atoms with Crippen molar-refractivity contribution in [3.63, 3.8) is 0 Å². The zero-order valence-corrected chi connectivity index (χ0v) is 18.0. The first-order valence-electron chi connectivity index (χ1n) is 10.7. The Bertz CT molecular complexity index is 1010. The van der Waals surface area contributed by atoms with Gasteiger partial charge >= 0.3 is 0 Å². The van der Waals surface area contributed by atoms with Crippen LogP contribution >= 0.6 is 0 Å². The SMILES string of the molecule is COc1ccc(CNC(=O)C2CCN(c3cc(-c4ccc(C)cc4)ncn3)CC2)cc1. The molecule has 0 radical (unpaired) electrons. The van der Waals surface area contributed by atoms with Crippen molar-refractivity contribution < 1.29 is 9.53 Å². The number of hydrogen-bond donors (Lipinski definition) is 1. The van der Waals surface area contributed by atoms with E-state index < -0.39 is 0 Å². The van der Waals surface area contributed by atoms with Gasteiger partial charge in [-0.05, 0) is 37.5 Å². The van der Waals surface area contributed by atoms with Crippen LogP contribution < -0.4 is 15.0 Å². The van der Waals surface area contributed by atoms with E-state index in [4.69, 9.17) is 4.74 Å². The van der Waals surface area contributed by atoms with Crippen LogP contribution in [0.5, 0.6) is 5.75 Å². The Labute approximate surface area is 183 Å². The third-order valence-electron chi connectivity index (χ3n) is 5.82. The van der Waals surface area contributed by atoms with Crippen LogP contribution in [0.2, 0.25) is 0 Å². The third-order valence-corrected chi connectivity index (χ3v) is 5.82. The summed E-state index contributed by atoms with van der Waals surface area (Å²) in [7, 11) is 1.65. The predicted octanol–water partition coefficient (Wildman–Crippen LogP) is 3.99. The van der Waals surface area contributed by atoms with Gasteiger partial charge in [-0.3, -0.25) is 4.79 Å². The smallest absolute Gasteiger partial charge is 0.223 e. The molecule has 1 aromatic heterocycles. The molecule has 2 aromatic carbocycles.